The van der Waals surface area contributed by atoms with E-state index in [2.05, 4.69) is 35.8 Å². The van der Waals surface area contributed by atoms with Crippen molar-refractivity contribution < 1.29 is 28.0 Å². The number of aromatic amines is 1. The van der Waals surface area contributed by atoms with Gasteiger partial charge in [-0.1, -0.05) is 53.7 Å². The highest BCUT2D eigenvalue weighted by Gasteiger charge is 2.47. The largest absolute Gasteiger partial charge is 0.480 e. The molecule has 13 nitrogen and oxygen atoms in total. The third-order valence-electron chi connectivity index (χ3n) is 6.77. The second-order valence-corrected chi connectivity index (χ2v) is 11.4. The van der Waals surface area contributed by atoms with E-state index in [9.17, 15) is 23.1 Å². The molecular formula is C26H29N7O6S. The highest BCUT2D eigenvalue weighted by Crippen LogP contribution is 2.33. The first-order chi connectivity index (χ1) is 19.2. The van der Waals surface area contributed by atoms with Crippen molar-refractivity contribution in [3.63, 3.8) is 0 Å². The Bertz CT molecular complexity index is 1500. The lowest BCUT2D eigenvalue weighted by molar-refractivity contribution is -0.138. The second-order valence-electron chi connectivity index (χ2n) is 9.67. The van der Waals surface area contributed by atoms with E-state index in [4.69, 9.17) is 4.84 Å². The maximum Gasteiger partial charge on any atom is 0.323 e. The molecule has 2 unspecified atom stereocenters. The number of imidazole rings is 1. The minimum absolute atomic E-state index is 0.0623. The zero-order valence-corrected chi connectivity index (χ0v) is 22.1. The monoisotopic (exact) mass is 567 g/mol. The summed E-state index contributed by atoms with van der Waals surface area (Å²) >= 11 is 0. The number of benzene rings is 2. The van der Waals surface area contributed by atoms with Gasteiger partial charge >= 0.3 is 5.97 Å². The van der Waals surface area contributed by atoms with Gasteiger partial charge in [-0.3, -0.25) is 9.59 Å². The number of aromatic nitrogens is 2. The topological polar surface area (TPSA) is 187 Å². The zero-order valence-electron chi connectivity index (χ0n) is 21.3. The van der Waals surface area contributed by atoms with Crippen LogP contribution in [0.2, 0.25) is 0 Å². The number of nitrogens with one attached hydrogen (secondary N) is 5. The number of hydrogen-bond acceptors (Lipinski definition) is 9. The fourth-order valence-electron chi connectivity index (χ4n) is 4.78. The molecule has 2 aromatic carbocycles. The average Bonchev–Trinajstić information content (AvgIpc) is 3.72. The van der Waals surface area contributed by atoms with Crippen LogP contribution in [-0.4, -0.2) is 78.4 Å². The Balaban J connectivity index is 1.17. The van der Waals surface area contributed by atoms with E-state index < -0.39 is 40.1 Å². The summed E-state index contributed by atoms with van der Waals surface area (Å²) in [4.78, 5) is 37.4. The van der Waals surface area contributed by atoms with Crippen molar-refractivity contribution in [2.45, 2.75) is 35.4 Å². The SMILES string of the molecule is O=C(NCC(NS(=O)(=O)c1ccccc1-c1ccccc1)C(=O)O)C1=NO[C@]2(CNC(CNc3ncc[nH]3)C2)C1. The quantitative estimate of drug-likeness (QED) is 0.196. The lowest BCUT2D eigenvalue weighted by Gasteiger charge is -2.19. The van der Waals surface area contributed by atoms with E-state index >= 15 is 0 Å². The second kappa shape index (κ2) is 11.5. The molecule has 1 fully saturated rings. The molecule has 1 saturated heterocycles. The molecule has 1 spiro atoms. The lowest BCUT2D eigenvalue weighted by atomic mass is 9.94. The lowest BCUT2D eigenvalue weighted by Crippen LogP contribution is -2.49. The summed E-state index contributed by atoms with van der Waals surface area (Å²) in [5, 5.41) is 22.7. The van der Waals surface area contributed by atoms with Crippen LogP contribution in [0.4, 0.5) is 5.95 Å². The number of aliphatic carboxylic acids is 1. The predicted octanol–water partition coefficient (Wildman–Crippen LogP) is 0.914. The number of anilines is 1. The maximum absolute atomic E-state index is 13.2. The number of rotatable bonds is 11. The van der Waals surface area contributed by atoms with E-state index in [0.717, 1.165) is 0 Å². The smallest absolute Gasteiger partial charge is 0.323 e. The van der Waals surface area contributed by atoms with Crippen molar-refractivity contribution in [1.29, 1.82) is 0 Å². The number of hydrogen-bond donors (Lipinski definition) is 6. The number of nitrogens with zero attached hydrogens (tertiary/aromatic N) is 2. The van der Waals surface area contributed by atoms with Crippen LogP contribution in [0.3, 0.4) is 0 Å². The van der Waals surface area contributed by atoms with E-state index in [1.807, 2.05) is 6.07 Å². The average molecular weight is 568 g/mol. The molecule has 210 valence electrons. The molecule has 0 bridgehead atoms. The Hall–Kier alpha value is -4.27. The van der Waals surface area contributed by atoms with Gasteiger partial charge in [0, 0.05) is 56.5 Å². The molecule has 0 aliphatic carbocycles. The van der Waals surface area contributed by atoms with Crippen LogP contribution in [0.25, 0.3) is 11.1 Å². The molecule has 5 rings (SSSR count). The Labute approximate surface area is 230 Å². The fourth-order valence-corrected chi connectivity index (χ4v) is 6.20. The zero-order chi connectivity index (χ0) is 28.2. The summed E-state index contributed by atoms with van der Waals surface area (Å²) in [7, 11) is -4.25. The first kappa shape index (κ1) is 27.3. The van der Waals surface area contributed by atoms with E-state index in [0.29, 0.717) is 36.6 Å². The van der Waals surface area contributed by atoms with Gasteiger partial charge in [-0.15, -0.1) is 0 Å². The number of carboxylic acids is 1. The molecule has 2 aliphatic rings. The first-order valence-electron chi connectivity index (χ1n) is 12.6. The number of H-pyrrole nitrogens is 1. The van der Waals surface area contributed by atoms with Gasteiger partial charge in [0.15, 0.2) is 11.5 Å². The van der Waals surface area contributed by atoms with Crippen LogP contribution in [0.1, 0.15) is 12.8 Å². The fraction of sp³-hybridized carbons (Fsp3) is 0.308. The third kappa shape index (κ3) is 6.14. The van der Waals surface area contributed by atoms with E-state index in [1.54, 1.807) is 54.9 Å². The Kier molecular flexibility index (Phi) is 7.82. The van der Waals surface area contributed by atoms with Gasteiger partial charge < -0.3 is 30.9 Å². The molecule has 40 heavy (non-hydrogen) atoms. The van der Waals surface area contributed by atoms with Crippen molar-refractivity contribution in [2.24, 2.45) is 5.16 Å². The van der Waals surface area contributed by atoms with Crippen LogP contribution < -0.4 is 20.7 Å². The number of amides is 1. The minimum Gasteiger partial charge on any atom is -0.480 e. The molecule has 6 N–H and O–H groups in total. The number of oxime groups is 1. The summed E-state index contributed by atoms with van der Waals surface area (Å²) in [6.07, 6.45) is 4.19. The van der Waals surface area contributed by atoms with Crippen LogP contribution in [0.5, 0.6) is 0 Å². The van der Waals surface area contributed by atoms with Crippen molar-refractivity contribution in [3.05, 3.63) is 67.0 Å². The van der Waals surface area contributed by atoms with Crippen molar-refractivity contribution in [2.75, 3.05) is 25.0 Å². The predicted molar refractivity (Wildman–Crippen MR) is 146 cm³/mol. The minimum atomic E-state index is -4.25. The van der Waals surface area contributed by atoms with Crippen molar-refractivity contribution >= 4 is 33.6 Å². The summed E-state index contributed by atoms with van der Waals surface area (Å²) in [5.74, 6) is -1.41. The molecule has 3 heterocycles. The van der Waals surface area contributed by atoms with E-state index in [1.165, 1.54) is 6.07 Å². The van der Waals surface area contributed by atoms with Gasteiger partial charge in [0.2, 0.25) is 10.0 Å². The number of carboxylic acid groups (broad SMARTS) is 1. The third-order valence-corrected chi connectivity index (χ3v) is 8.30. The Morgan fingerprint density at radius 3 is 2.67 bits per heavy atom. The van der Waals surface area contributed by atoms with Crippen LogP contribution in [0, 0.1) is 0 Å². The molecule has 0 radical (unpaired) electrons. The molecule has 3 aromatic rings. The van der Waals surface area contributed by atoms with Gasteiger partial charge in [-0.25, -0.2) is 13.4 Å². The number of carbonyl (C=O) groups is 2. The summed E-state index contributed by atoms with van der Waals surface area (Å²) in [6.45, 7) is 0.588. The van der Waals surface area contributed by atoms with Gasteiger partial charge in [-0.2, -0.15) is 4.72 Å². The highest BCUT2D eigenvalue weighted by atomic mass is 32.2. The van der Waals surface area contributed by atoms with Crippen molar-refractivity contribution in [1.82, 2.24) is 25.3 Å². The van der Waals surface area contributed by atoms with Crippen LogP contribution in [-0.2, 0) is 24.4 Å². The molecule has 0 saturated carbocycles. The van der Waals surface area contributed by atoms with Gasteiger partial charge in [0.1, 0.15) is 11.8 Å². The first-order valence-corrected chi connectivity index (χ1v) is 14.1. The molecule has 3 atom stereocenters. The van der Waals surface area contributed by atoms with Crippen molar-refractivity contribution in [3.8, 4) is 11.1 Å². The van der Waals surface area contributed by atoms with Crippen LogP contribution >= 0.6 is 0 Å². The van der Waals surface area contributed by atoms with Gasteiger partial charge in [-0.05, 0) is 11.6 Å². The Morgan fingerprint density at radius 2 is 1.93 bits per heavy atom. The summed E-state index contributed by atoms with van der Waals surface area (Å²) in [6, 6.07) is 13.6. The number of sulfonamides is 1. The van der Waals surface area contributed by atoms with Crippen LogP contribution in [0.15, 0.2) is 77.0 Å². The normalized spacial score (nSPS) is 21.0. The molecular weight excluding hydrogens is 538 g/mol. The van der Waals surface area contributed by atoms with Gasteiger partial charge in [0.05, 0.1) is 4.90 Å². The molecule has 1 amide bonds. The standard InChI is InChI=1S/C26H29N7O6S/c34-23(20-13-26(39-32-20)12-18(31-16-26)14-30-25-27-10-11-28-25)29-15-21(24(35)36)33-40(37,38)22-9-5-4-8-19(22)17-6-2-1-3-7-17/h1-11,18,21,31,33H,12-16H2,(H,29,34)(H,35,36)(H2,27,28,30)/t18?,21?,26-/m0/s1. The maximum atomic E-state index is 13.2. The summed E-state index contributed by atoms with van der Waals surface area (Å²) < 4.78 is 28.7. The molecule has 1 aromatic heterocycles. The molecule has 2 aliphatic heterocycles. The summed E-state index contributed by atoms with van der Waals surface area (Å²) in [5.41, 5.74) is 0.520. The number of carbonyl (C=O) groups excluding carboxylic acids is 1. The van der Waals surface area contributed by atoms with Gasteiger partial charge in [0.25, 0.3) is 5.91 Å². The van der Waals surface area contributed by atoms with E-state index in [-0.39, 0.29) is 23.1 Å². The Morgan fingerprint density at radius 1 is 1.15 bits per heavy atom. The molecule has 14 heteroatoms. The highest BCUT2D eigenvalue weighted by molar-refractivity contribution is 7.89.